The number of hydrogen-bond donors (Lipinski definition) is 2. The smallest absolute Gasteiger partial charge is 0.240 e. The van der Waals surface area contributed by atoms with Crippen LogP contribution in [0.2, 0.25) is 0 Å². The summed E-state index contributed by atoms with van der Waals surface area (Å²) in [5, 5.41) is 6.30. The third kappa shape index (κ3) is 4.28. The van der Waals surface area contributed by atoms with Crippen molar-refractivity contribution < 1.29 is 9.53 Å². The van der Waals surface area contributed by atoms with E-state index in [-0.39, 0.29) is 11.5 Å². The van der Waals surface area contributed by atoms with Gasteiger partial charge < -0.3 is 15.4 Å². The van der Waals surface area contributed by atoms with Crippen LogP contribution in [-0.2, 0) is 9.53 Å². The molecule has 1 amide bonds. The summed E-state index contributed by atoms with van der Waals surface area (Å²) in [5.74, 6) is 0.0879. The number of carbonyl (C=O) groups excluding carboxylic acids is 1. The first-order valence-corrected chi connectivity index (χ1v) is 6.57. The highest BCUT2D eigenvalue weighted by Crippen LogP contribution is 2.19. The molecule has 0 spiro atoms. The first kappa shape index (κ1) is 14.5. The summed E-state index contributed by atoms with van der Waals surface area (Å²) in [5.41, 5.74) is -0.698. The molecular weight excluding hydrogens is 216 g/mol. The van der Waals surface area contributed by atoms with E-state index < -0.39 is 5.54 Å². The summed E-state index contributed by atoms with van der Waals surface area (Å²) in [4.78, 5) is 12.1. The molecule has 1 saturated heterocycles. The Bertz CT molecular complexity index is 258. The van der Waals surface area contributed by atoms with Crippen LogP contribution in [0.1, 0.15) is 47.0 Å². The van der Waals surface area contributed by atoms with Gasteiger partial charge in [0.25, 0.3) is 0 Å². The molecule has 1 fully saturated rings. The van der Waals surface area contributed by atoms with Gasteiger partial charge in [-0.2, -0.15) is 0 Å². The van der Waals surface area contributed by atoms with Gasteiger partial charge in [-0.1, -0.05) is 0 Å². The van der Waals surface area contributed by atoms with Gasteiger partial charge in [-0.3, -0.25) is 4.79 Å². The van der Waals surface area contributed by atoms with Gasteiger partial charge in [-0.05, 0) is 53.5 Å². The molecule has 0 aromatic carbocycles. The fourth-order valence-corrected chi connectivity index (χ4v) is 2.18. The Kier molecular flexibility index (Phi) is 4.95. The first-order chi connectivity index (χ1) is 7.90. The molecule has 17 heavy (non-hydrogen) atoms. The lowest BCUT2D eigenvalue weighted by Gasteiger charge is -2.35. The quantitative estimate of drug-likeness (QED) is 0.767. The van der Waals surface area contributed by atoms with E-state index in [1.165, 1.54) is 0 Å². The van der Waals surface area contributed by atoms with E-state index in [0.29, 0.717) is 13.2 Å². The fraction of sp³-hybridized carbons (Fsp3) is 0.923. The monoisotopic (exact) mass is 242 g/mol. The summed E-state index contributed by atoms with van der Waals surface area (Å²) in [7, 11) is 0. The van der Waals surface area contributed by atoms with Crippen LogP contribution in [0.4, 0.5) is 0 Å². The molecule has 1 aliphatic heterocycles. The predicted molar refractivity (Wildman–Crippen MR) is 69.0 cm³/mol. The second-order valence-electron chi connectivity index (χ2n) is 5.59. The van der Waals surface area contributed by atoms with E-state index in [4.69, 9.17) is 4.74 Å². The van der Waals surface area contributed by atoms with Crippen molar-refractivity contribution in [2.45, 2.75) is 58.1 Å². The zero-order valence-electron chi connectivity index (χ0n) is 11.6. The lowest BCUT2D eigenvalue weighted by molar-refractivity contribution is -0.129. The fourth-order valence-electron chi connectivity index (χ4n) is 2.18. The van der Waals surface area contributed by atoms with Crippen LogP contribution in [0.3, 0.4) is 0 Å². The molecule has 100 valence electrons. The Morgan fingerprint density at radius 1 is 1.47 bits per heavy atom. The van der Waals surface area contributed by atoms with Gasteiger partial charge in [-0.15, -0.1) is 0 Å². The zero-order valence-corrected chi connectivity index (χ0v) is 11.6. The van der Waals surface area contributed by atoms with Crippen molar-refractivity contribution in [2.75, 3.05) is 19.7 Å². The second kappa shape index (κ2) is 5.83. The number of carbonyl (C=O) groups is 1. The number of nitrogens with one attached hydrogen (secondary N) is 2. The molecule has 0 aromatic rings. The van der Waals surface area contributed by atoms with Gasteiger partial charge in [0.05, 0.1) is 11.1 Å². The molecule has 1 atom stereocenters. The molecule has 0 aliphatic carbocycles. The van der Waals surface area contributed by atoms with E-state index in [1.54, 1.807) is 0 Å². The number of hydrogen-bond acceptors (Lipinski definition) is 3. The van der Waals surface area contributed by atoms with E-state index in [2.05, 4.69) is 10.6 Å². The summed E-state index contributed by atoms with van der Waals surface area (Å²) >= 11 is 0. The van der Waals surface area contributed by atoms with Crippen LogP contribution >= 0.6 is 0 Å². The molecule has 2 N–H and O–H groups in total. The van der Waals surface area contributed by atoms with Crippen molar-refractivity contribution in [1.82, 2.24) is 10.6 Å². The second-order valence-corrected chi connectivity index (χ2v) is 5.59. The van der Waals surface area contributed by atoms with E-state index in [1.807, 2.05) is 27.7 Å². The summed E-state index contributed by atoms with van der Waals surface area (Å²) in [6, 6.07) is 0. The minimum absolute atomic E-state index is 0.0879. The Morgan fingerprint density at radius 2 is 2.18 bits per heavy atom. The van der Waals surface area contributed by atoms with Crippen molar-refractivity contribution in [3.63, 3.8) is 0 Å². The average molecular weight is 242 g/mol. The lowest BCUT2D eigenvalue weighted by atomic mass is 9.90. The van der Waals surface area contributed by atoms with Gasteiger partial charge in [-0.25, -0.2) is 0 Å². The van der Waals surface area contributed by atoms with Crippen molar-refractivity contribution in [2.24, 2.45) is 0 Å². The Hall–Kier alpha value is -0.610. The summed E-state index contributed by atoms with van der Waals surface area (Å²) < 4.78 is 5.56. The molecule has 0 radical (unpaired) electrons. The molecule has 4 nitrogen and oxygen atoms in total. The molecule has 4 heteroatoms. The average Bonchev–Trinajstić information content (AvgIpc) is 2.27. The molecule has 0 saturated carbocycles. The molecule has 1 rings (SSSR count). The topological polar surface area (TPSA) is 50.4 Å². The lowest BCUT2D eigenvalue weighted by Crippen LogP contribution is -2.58. The number of amides is 1. The van der Waals surface area contributed by atoms with Crippen LogP contribution in [0.25, 0.3) is 0 Å². The Labute approximate surface area is 104 Å². The van der Waals surface area contributed by atoms with Crippen molar-refractivity contribution in [3.8, 4) is 0 Å². The van der Waals surface area contributed by atoms with E-state index in [9.17, 15) is 4.79 Å². The largest absolute Gasteiger partial charge is 0.374 e. The Balaban J connectivity index is 2.43. The van der Waals surface area contributed by atoms with E-state index in [0.717, 1.165) is 25.8 Å². The zero-order chi connectivity index (χ0) is 12.9. The van der Waals surface area contributed by atoms with Crippen LogP contribution < -0.4 is 10.6 Å². The third-order valence-electron chi connectivity index (χ3n) is 3.33. The Morgan fingerprint density at radius 3 is 2.71 bits per heavy atom. The van der Waals surface area contributed by atoms with Crippen LogP contribution in [-0.4, -0.2) is 36.7 Å². The predicted octanol–water partition coefficient (Wildman–Crippen LogP) is 1.45. The first-order valence-electron chi connectivity index (χ1n) is 6.57. The van der Waals surface area contributed by atoms with Crippen LogP contribution in [0, 0.1) is 0 Å². The van der Waals surface area contributed by atoms with Crippen molar-refractivity contribution in [3.05, 3.63) is 0 Å². The molecule has 0 aromatic heterocycles. The highest BCUT2D eigenvalue weighted by atomic mass is 16.5. The maximum Gasteiger partial charge on any atom is 0.240 e. The maximum atomic E-state index is 12.1. The third-order valence-corrected chi connectivity index (χ3v) is 3.33. The number of rotatable bonds is 5. The van der Waals surface area contributed by atoms with Crippen molar-refractivity contribution >= 4 is 5.91 Å². The molecular formula is C13H26N2O2. The molecule has 1 heterocycles. The van der Waals surface area contributed by atoms with Crippen molar-refractivity contribution in [1.29, 1.82) is 0 Å². The van der Waals surface area contributed by atoms with Crippen LogP contribution in [0.15, 0.2) is 0 Å². The number of piperidine rings is 1. The van der Waals surface area contributed by atoms with Gasteiger partial charge in [0.15, 0.2) is 0 Å². The minimum atomic E-state index is -0.402. The molecule has 1 unspecified atom stereocenters. The van der Waals surface area contributed by atoms with Gasteiger partial charge in [0.2, 0.25) is 5.91 Å². The van der Waals surface area contributed by atoms with Gasteiger partial charge in [0, 0.05) is 13.2 Å². The van der Waals surface area contributed by atoms with E-state index >= 15 is 0 Å². The highest BCUT2D eigenvalue weighted by molar-refractivity contribution is 5.86. The number of ether oxygens (including phenoxy) is 1. The molecule has 0 bridgehead atoms. The normalized spacial score (nSPS) is 25.6. The minimum Gasteiger partial charge on any atom is -0.374 e. The SMILES string of the molecule is CCOC(C)(C)CNC(=O)C1(C)CCCCN1. The van der Waals surface area contributed by atoms with Crippen LogP contribution in [0.5, 0.6) is 0 Å². The maximum absolute atomic E-state index is 12.1. The van der Waals surface area contributed by atoms with Gasteiger partial charge >= 0.3 is 0 Å². The highest BCUT2D eigenvalue weighted by Gasteiger charge is 2.34. The standard InChI is InChI=1S/C13H26N2O2/c1-5-17-12(2,3)10-14-11(16)13(4)8-6-7-9-15-13/h15H,5-10H2,1-4H3,(H,14,16). The van der Waals surface area contributed by atoms with Gasteiger partial charge in [0.1, 0.15) is 0 Å². The summed E-state index contributed by atoms with van der Waals surface area (Å²) in [6.07, 6.45) is 3.19. The molecule has 1 aliphatic rings. The summed E-state index contributed by atoms with van der Waals surface area (Å²) in [6.45, 7) is 10.1.